The minimum atomic E-state index is -2.73. The van der Waals surface area contributed by atoms with Gasteiger partial charge in [-0.15, -0.1) is 0 Å². The summed E-state index contributed by atoms with van der Waals surface area (Å²) in [6.07, 6.45) is -1.99. The van der Waals surface area contributed by atoms with Crippen molar-refractivity contribution in [3.8, 4) is 0 Å². The third kappa shape index (κ3) is 2.37. The van der Waals surface area contributed by atoms with Crippen LogP contribution in [-0.2, 0) is 0 Å². The second kappa shape index (κ2) is 5.40. The number of hydrogen-bond donors (Lipinski definition) is 1. The van der Waals surface area contributed by atoms with Crippen molar-refractivity contribution in [1.29, 1.82) is 0 Å². The van der Waals surface area contributed by atoms with E-state index in [0.29, 0.717) is 5.69 Å². The highest BCUT2D eigenvalue weighted by Gasteiger charge is 2.20. The number of halogens is 2. The van der Waals surface area contributed by atoms with Crippen LogP contribution in [0.25, 0.3) is 11.0 Å². The van der Waals surface area contributed by atoms with E-state index in [-0.39, 0.29) is 27.4 Å². The fourth-order valence-corrected chi connectivity index (χ4v) is 2.53. The Labute approximate surface area is 119 Å². The van der Waals surface area contributed by atoms with E-state index >= 15 is 0 Å². The number of aromatic amines is 1. The number of H-pyrrole nitrogens is 1. The Kier molecular flexibility index (Phi) is 3.99. The molecule has 0 radical (unpaired) electrons. The van der Waals surface area contributed by atoms with E-state index in [1.54, 1.807) is 11.5 Å². The first-order valence-corrected chi connectivity index (χ1v) is 6.71. The topological polar surface area (TPSA) is 50.7 Å². The van der Waals surface area contributed by atoms with Crippen LogP contribution < -0.4 is 5.56 Å². The maximum absolute atomic E-state index is 13.2. The molecule has 108 valence electrons. The fraction of sp³-hybridized carbons (Fsp3) is 0.462. The van der Waals surface area contributed by atoms with Gasteiger partial charge >= 0.3 is 0 Å². The summed E-state index contributed by atoms with van der Waals surface area (Å²) in [6.45, 7) is 5.48. The molecule has 0 aliphatic rings. The third-order valence-electron chi connectivity index (χ3n) is 3.32. The molecule has 2 aromatic rings. The molecule has 0 bridgehead atoms. The van der Waals surface area contributed by atoms with Crippen LogP contribution in [0.15, 0.2) is 10.9 Å². The SMILES string of the molecule is CC[C@H](C)n1c(=S)[nH]c(=O)c2c(C(F)F)cc(C)nc21. The molecule has 0 saturated heterocycles. The van der Waals surface area contributed by atoms with Gasteiger partial charge in [0.15, 0.2) is 4.77 Å². The van der Waals surface area contributed by atoms with E-state index in [0.717, 1.165) is 6.42 Å². The zero-order valence-corrected chi connectivity index (χ0v) is 12.2. The summed E-state index contributed by atoms with van der Waals surface area (Å²) in [4.78, 5) is 18.7. The second-order valence-corrected chi connectivity index (χ2v) is 5.13. The molecule has 1 N–H and O–H groups in total. The van der Waals surface area contributed by atoms with E-state index in [1.807, 2.05) is 13.8 Å². The van der Waals surface area contributed by atoms with Crippen molar-refractivity contribution in [3.63, 3.8) is 0 Å². The average molecular weight is 299 g/mol. The lowest BCUT2D eigenvalue weighted by Gasteiger charge is -2.17. The zero-order chi connectivity index (χ0) is 15.0. The largest absolute Gasteiger partial charge is 0.300 e. The molecular weight excluding hydrogens is 284 g/mol. The molecule has 7 heteroatoms. The van der Waals surface area contributed by atoms with Crippen LogP contribution in [-0.4, -0.2) is 14.5 Å². The lowest BCUT2D eigenvalue weighted by Crippen LogP contribution is -2.19. The van der Waals surface area contributed by atoms with Crippen molar-refractivity contribution in [2.24, 2.45) is 0 Å². The van der Waals surface area contributed by atoms with E-state index in [9.17, 15) is 13.6 Å². The monoisotopic (exact) mass is 299 g/mol. The molecule has 1 atom stereocenters. The first-order valence-electron chi connectivity index (χ1n) is 6.31. The zero-order valence-electron chi connectivity index (χ0n) is 11.4. The molecule has 2 heterocycles. The molecule has 0 spiro atoms. The van der Waals surface area contributed by atoms with Crippen LogP contribution in [0, 0.1) is 11.7 Å². The molecule has 0 aliphatic carbocycles. The molecule has 0 fully saturated rings. The number of hydrogen-bond acceptors (Lipinski definition) is 3. The Balaban J connectivity index is 3.03. The predicted octanol–water partition coefficient (Wildman–Crippen LogP) is 3.67. The fourth-order valence-electron chi connectivity index (χ4n) is 2.17. The Bertz CT molecular complexity index is 767. The first-order chi connectivity index (χ1) is 9.36. The van der Waals surface area contributed by atoms with E-state index < -0.39 is 12.0 Å². The number of nitrogens with zero attached hydrogens (tertiary/aromatic N) is 2. The number of aryl methyl sites for hydroxylation is 1. The van der Waals surface area contributed by atoms with Gasteiger partial charge < -0.3 is 0 Å². The number of aromatic nitrogens is 3. The summed E-state index contributed by atoms with van der Waals surface area (Å²) in [5.41, 5.74) is -0.263. The van der Waals surface area contributed by atoms with Gasteiger partial charge in [0.1, 0.15) is 5.65 Å². The van der Waals surface area contributed by atoms with Gasteiger partial charge in [-0.2, -0.15) is 0 Å². The molecule has 2 aromatic heterocycles. The summed E-state index contributed by atoms with van der Waals surface area (Å²) in [5.74, 6) is 0. The predicted molar refractivity (Wildman–Crippen MR) is 75.9 cm³/mol. The van der Waals surface area contributed by atoms with Crippen LogP contribution in [0.3, 0.4) is 0 Å². The summed E-state index contributed by atoms with van der Waals surface area (Å²) < 4.78 is 28.1. The first kappa shape index (κ1) is 14.8. The van der Waals surface area contributed by atoms with Crippen molar-refractivity contribution >= 4 is 23.3 Å². The van der Waals surface area contributed by atoms with E-state index in [4.69, 9.17) is 12.2 Å². The van der Waals surface area contributed by atoms with Crippen LogP contribution in [0.4, 0.5) is 8.78 Å². The standard InChI is InChI=1S/C13H15F2N3OS/c1-4-7(3)18-11-9(12(19)17-13(18)20)8(10(14)15)5-6(2)16-11/h5,7,10H,4H2,1-3H3,(H,17,19,20)/t7-/m0/s1. The minimum absolute atomic E-state index is 0.0401. The van der Waals surface area contributed by atoms with Gasteiger partial charge in [0.25, 0.3) is 12.0 Å². The van der Waals surface area contributed by atoms with Gasteiger partial charge in [-0.3, -0.25) is 14.3 Å². The summed E-state index contributed by atoms with van der Waals surface area (Å²) in [6, 6.07) is 1.20. The lowest BCUT2D eigenvalue weighted by atomic mass is 10.1. The highest BCUT2D eigenvalue weighted by Crippen LogP contribution is 2.27. The summed E-state index contributed by atoms with van der Waals surface area (Å²) >= 11 is 5.14. The molecule has 0 saturated carbocycles. The van der Waals surface area contributed by atoms with Gasteiger partial charge in [0.05, 0.1) is 5.39 Å². The molecule has 0 unspecified atom stereocenters. The Morgan fingerprint density at radius 2 is 2.15 bits per heavy atom. The molecule has 4 nitrogen and oxygen atoms in total. The van der Waals surface area contributed by atoms with Crippen molar-refractivity contribution in [2.45, 2.75) is 39.7 Å². The van der Waals surface area contributed by atoms with Gasteiger partial charge in [0.2, 0.25) is 0 Å². The van der Waals surface area contributed by atoms with Crippen LogP contribution in [0.2, 0.25) is 0 Å². The van der Waals surface area contributed by atoms with Gasteiger partial charge in [0, 0.05) is 17.3 Å². The summed E-state index contributed by atoms with van der Waals surface area (Å²) in [5, 5.41) is -0.0838. The van der Waals surface area contributed by atoms with Crippen molar-refractivity contribution < 1.29 is 8.78 Å². The maximum Gasteiger partial charge on any atom is 0.264 e. The smallest absolute Gasteiger partial charge is 0.264 e. The molecule has 0 aromatic carbocycles. The molecule has 0 aliphatic heterocycles. The van der Waals surface area contributed by atoms with Crippen LogP contribution in [0.5, 0.6) is 0 Å². The number of rotatable bonds is 3. The van der Waals surface area contributed by atoms with E-state index in [1.165, 1.54) is 6.07 Å². The van der Waals surface area contributed by atoms with Gasteiger partial charge in [-0.1, -0.05) is 6.92 Å². The summed E-state index contributed by atoms with van der Waals surface area (Å²) in [7, 11) is 0. The lowest BCUT2D eigenvalue weighted by molar-refractivity contribution is 0.153. The van der Waals surface area contributed by atoms with Crippen LogP contribution in [0.1, 0.15) is 44.0 Å². The molecule has 0 amide bonds. The molecule has 2 rings (SSSR count). The van der Waals surface area contributed by atoms with Crippen LogP contribution >= 0.6 is 12.2 Å². The van der Waals surface area contributed by atoms with Crippen molar-refractivity contribution in [1.82, 2.24) is 14.5 Å². The number of nitrogens with one attached hydrogen (secondary N) is 1. The normalized spacial score (nSPS) is 13.1. The molecule has 20 heavy (non-hydrogen) atoms. The number of alkyl halides is 2. The van der Waals surface area contributed by atoms with Crippen molar-refractivity contribution in [3.05, 3.63) is 32.4 Å². The quantitative estimate of drug-likeness (QED) is 0.880. The Morgan fingerprint density at radius 3 is 2.70 bits per heavy atom. The Morgan fingerprint density at radius 1 is 1.50 bits per heavy atom. The highest BCUT2D eigenvalue weighted by atomic mass is 32.1. The number of pyridine rings is 1. The number of fused-ring (bicyclic) bond motifs is 1. The van der Waals surface area contributed by atoms with Gasteiger partial charge in [-0.25, -0.2) is 13.8 Å². The van der Waals surface area contributed by atoms with Crippen molar-refractivity contribution in [2.75, 3.05) is 0 Å². The third-order valence-corrected chi connectivity index (χ3v) is 3.62. The second-order valence-electron chi connectivity index (χ2n) is 4.74. The van der Waals surface area contributed by atoms with E-state index in [2.05, 4.69) is 9.97 Å². The minimum Gasteiger partial charge on any atom is -0.300 e. The highest BCUT2D eigenvalue weighted by molar-refractivity contribution is 7.71. The van der Waals surface area contributed by atoms with Gasteiger partial charge in [-0.05, 0) is 38.6 Å². The average Bonchev–Trinajstić information content (AvgIpc) is 2.36. The maximum atomic E-state index is 13.2. The Hall–Kier alpha value is -1.63. The molecular formula is C13H15F2N3OS.